The summed E-state index contributed by atoms with van der Waals surface area (Å²) in [5.74, 6) is 0.984. The van der Waals surface area contributed by atoms with Crippen molar-refractivity contribution in [2.75, 3.05) is 0 Å². The molecule has 0 amide bonds. The molecule has 1 unspecified atom stereocenters. The van der Waals surface area contributed by atoms with E-state index in [1.807, 2.05) is 13.0 Å². The number of allylic oxidation sites excluding steroid dienone is 2. The molecule has 101 valence electrons. The Hall–Kier alpha value is 0.339. The zero-order valence-corrected chi connectivity index (χ0v) is 15.1. The Morgan fingerprint density at radius 1 is 1.12 bits per heavy atom. The van der Waals surface area contributed by atoms with Crippen molar-refractivity contribution in [1.82, 2.24) is 0 Å². The van der Waals surface area contributed by atoms with Crippen LogP contribution in [0.2, 0.25) is 13.3 Å². The van der Waals surface area contributed by atoms with Crippen LogP contribution in [0.1, 0.15) is 59.8 Å². The topological polar surface area (TPSA) is 20.2 Å². The predicted octanol–water partition coefficient (Wildman–Crippen LogP) is 5.57. The molecule has 0 spiro atoms. The third-order valence-electron chi connectivity index (χ3n) is 3.50. The van der Waals surface area contributed by atoms with E-state index in [9.17, 15) is 5.11 Å². The summed E-state index contributed by atoms with van der Waals surface area (Å²) < 4.78 is 4.62. The van der Waals surface area contributed by atoms with Gasteiger partial charge in [0.25, 0.3) is 0 Å². The molecule has 0 fully saturated rings. The standard InChI is InChI=1S/C7H13O.2C4H9.Sn/c1-4-6(3)7(8)5-2;2*1-3-4-2;/h5-6,8H,1,4H2,2-3H3;2*1,3-4H2,2H3;/b7-5-;;;. The first-order chi connectivity index (χ1) is 8.15. The summed E-state index contributed by atoms with van der Waals surface area (Å²) in [6.07, 6.45) is 8.67. The Bertz CT molecular complexity index is 193. The van der Waals surface area contributed by atoms with Crippen molar-refractivity contribution in [2.45, 2.75) is 73.1 Å². The van der Waals surface area contributed by atoms with Crippen molar-refractivity contribution < 1.29 is 5.11 Å². The average molecular weight is 346 g/mol. The van der Waals surface area contributed by atoms with Crippen LogP contribution in [-0.2, 0) is 0 Å². The van der Waals surface area contributed by atoms with Crippen molar-refractivity contribution >= 4 is 19.8 Å². The normalized spacial score (nSPS) is 14.3. The molecule has 0 aromatic heterocycles. The molecular formula is C15H31OSn. The number of aliphatic hydroxyl groups is 1. The molecular weight excluding hydrogens is 315 g/mol. The molecule has 0 aromatic rings. The summed E-state index contributed by atoms with van der Waals surface area (Å²) in [6.45, 7) is 8.69. The van der Waals surface area contributed by atoms with E-state index in [1.165, 1.54) is 36.5 Å². The minimum absolute atomic E-state index is 0.388. The maximum absolute atomic E-state index is 9.67. The monoisotopic (exact) mass is 347 g/mol. The van der Waals surface area contributed by atoms with Gasteiger partial charge in [-0.2, -0.15) is 0 Å². The van der Waals surface area contributed by atoms with Crippen LogP contribution in [-0.4, -0.2) is 24.9 Å². The molecule has 0 aliphatic rings. The Morgan fingerprint density at radius 2 is 1.65 bits per heavy atom. The van der Waals surface area contributed by atoms with E-state index in [0.29, 0.717) is 11.7 Å². The predicted molar refractivity (Wildman–Crippen MR) is 80.2 cm³/mol. The molecule has 1 atom stereocenters. The van der Waals surface area contributed by atoms with Gasteiger partial charge in [-0.05, 0) is 0 Å². The van der Waals surface area contributed by atoms with Crippen LogP contribution in [0.25, 0.3) is 0 Å². The second-order valence-corrected chi connectivity index (χ2v) is 13.7. The maximum atomic E-state index is 9.67. The van der Waals surface area contributed by atoms with Crippen molar-refractivity contribution in [3.05, 3.63) is 11.8 Å². The second-order valence-electron chi connectivity index (χ2n) is 5.11. The summed E-state index contributed by atoms with van der Waals surface area (Å²) >= 11 is -1.10. The number of rotatable bonds is 10. The van der Waals surface area contributed by atoms with Gasteiger partial charge in [-0.15, -0.1) is 0 Å². The zero-order chi connectivity index (χ0) is 13.1. The van der Waals surface area contributed by atoms with Crippen LogP contribution >= 0.6 is 0 Å². The van der Waals surface area contributed by atoms with E-state index in [2.05, 4.69) is 20.8 Å². The summed E-state index contributed by atoms with van der Waals surface area (Å²) in [7, 11) is 0. The fourth-order valence-corrected chi connectivity index (χ4v) is 11.5. The van der Waals surface area contributed by atoms with Gasteiger partial charge in [0.1, 0.15) is 0 Å². The molecule has 0 aliphatic carbocycles. The number of unbranched alkanes of at least 4 members (excludes halogenated alkanes) is 2. The van der Waals surface area contributed by atoms with Crippen LogP contribution in [0.3, 0.4) is 0 Å². The molecule has 1 radical (unpaired) electrons. The first kappa shape index (κ1) is 17.3. The van der Waals surface area contributed by atoms with Gasteiger partial charge in [0.05, 0.1) is 0 Å². The van der Waals surface area contributed by atoms with E-state index >= 15 is 0 Å². The molecule has 0 saturated carbocycles. The van der Waals surface area contributed by atoms with E-state index in [1.54, 1.807) is 8.87 Å². The molecule has 17 heavy (non-hydrogen) atoms. The van der Waals surface area contributed by atoms with Gasteiger partial charge < -0.3 is 0 Å². The molecule has 1 N–H and O–H groups in total. The first-order valence-electron chi connectivity index (χ1n) is 7.34. The summed E-state index contributed by atoms with van der Waals surface area (Å²) in [5.41, 5.74) is 0. The second kappa shape index (κ2) is 11.4. The third-order valence-corrected chi connectivity index (χ3v) is 12.4. The van der Waals surface area contributed by atoms with E-state index in [4.69, 9.17) is 0 Å². The molecule has 0 aromatic carbocycles. The van der Waals surface area contributed by atoms with Gasteiger partial charge in [-0.25, -0.2) is 0 Å². The van der Waals surface area contributed by atoms with Crippen molar-refractivity contribution in [3.63, 3.8) is 0 Å². The molecule has 0 aliphatic heterocycles. The summed E-state index contributed by atoms with van der Waals surface area (Å²) in [4.78, 5) is 0. The third kappa shape index (κ3) is 8.98. The van der Waals surface area contributed by atoms with Gasteiger partial charge in [-0.3, -0.25) is 0 Å². The van der Waals surface area contributed by atoms with Crippen LogP contribution in [0, 0.1) is 5.92 Å². The SMILES string of the molecule is C/C=C(\O)C(C)C[CH2][Sn]([CH2]CCC)[CH2]CCC. The molecule has 0 rings (SSSR count). The van der Waals surface area contributed by atoms with Gasteiger partial charge in [0.15, 0.2) is 0 Å². The van der Waals surface area contributed by atoms with Gasteiger partial charge in [0, 0.05) is 0 Å². The fourth-order valence-electron chi connectivity index (χ4n) is 2.08. The zero-order valence-electron chi connectivity index (χ0n) is 12.3. The minimum atomic E-state index is -1.10. The van der Waals surface area contributed by atoms with Gasteiger partial charge in [-0.1, -0.05) is 0 Å². The van der Waals surface area contributed by atoms with E-state index in [-0.39, 0.29) is 0 Å². The molecule has 0 bridgehead atoms. The summed E-state index contributed by atoms with van der Waals surface area (Å²) in [5, 5.41) is 9.67. The Morgan fingerprint density at radius 3 is 2.06 bits per heavy atom. The van der Waals surface area contributed by atoms with Crippen molar-refractivity contribution in [2.24, 2.45) is 5.92 Å². The molecule has 0 saturated heterocycles. The molecule has 1 nitrogen and oxygen atoms in total. The van der Waals surface area contributed by atoms with E-state index in [0.717, 1.165) is 0 Å². The first-order valence-corrected chi connectivity index (χ1v) is 13.4. The fraction of sp³-hybridized carbons (Fsp3) is 0.867. The number of aliphatic hydroxyl groups excluding tert-OH is 1. The number of hydrogen-bond donors (Lipinski definition) is 1. The van der Waals surface area contributed by atoms with E-state index < -0.39 is 19.8 Å². The van der Waals surface area contributed by atoms with Gasteiger partial charge >= 0.3 is 116 Å². The average Bonchev–Trinajstić information content (AvgIpc) is 2.36. The van der Waals surface area contributed by atoms with Gasteiger partial charge in [0.2, 0.25) is 0 Å². The van der Waals surface area contributed by atoms with Crippen molar-refractivity contribution in [3.8, 4) is 0 Å². The van der Waals surface area contributed by atoms with Crippen LogP contribution in [0.15, 0.2) is 11.8 Å². The van der Waals surface area contributed by atoms with Crippen LogP contribution in [0.4, 0.5) is 0 Å². The van der Waals surface area contributed by atoms with Crippen molar-refractivity contribution in [1.29, 1.82) is 0 Å². The van der Waals surface area contributed by atoms with Crippen LogP contribution in [0.5, 0.6) is 0 Å². The Kier molecular flexibility index (Phi) is 11.7. The summed E-state index contributed by atoms with van der Waals surface area (Å²) in [6, 6.07) is 0. The molecule has 0 heterocycles. The Balaban J connectivity index is 3.96. The number of hydrogen-bond acceptors (Lipinski definition) is 1. The quantitative estimate of drug-likeness (QED) is 0.405. The van der Waals surface area contributed by atoms with Crippen LogP contribution < -0.4 is 0 Å². The Labute approximate surface area is 115 Å². The molecule has 2 heteroatoms.